The van der Waals surface area contributed by atoms with Gasteiger partial charge in [0.2, 0.25) is 5.91 Å². The number of carbonyl (C=O) groups excluding carboxylic acids is 1. The Morgan fingerprint density at radius 3 is 2.92 bits per heavy atom. The molecule has 6 nitrogen and oxygen atoms in total. The minimum atomic E-state index is -0.123. The van der Waals surface area contributed by atoms with Gasteiger partial charge in [-0.1, -0.05) is 0 Å². The molecule has 2 aromatic heterocycles. The zero-order valence-corrected chi connectivity index (χ0v) is 14.8. The summed E-state index contributed by atoms with van der Waals surface area (Å²) in [5, 5.41) is 5.64. The molecule has 4 rings (SSSR count). The van der Waals surface area contributed by atoms with Gasteiger partial charge in [0.25, 0.3) is 0 Å². The molecule has 0 spiro atoms. The van der Waals surface area contributed by atoms with E-state index >= 15 is 0 Å². The van der Waals surface area contributed by atoms with E-state index in [1.807, 2.05) is 29.6 Å². The second-order valence-electron chi connectivity index (χ2n) is 5.82. The summed E-state index contributed by atoms with van der Waals surface area (Å²) < 4.78 is 11.2. The fraction of sp³-hybridized carbons (Fsp3) is 0.211. The topological polar surface area (TPSA) is 73.3 Å². The van der Waals surface area contributed by atoms with Crippen molar-refractivity contribution in [3.63, 3.8) is 0 Å². The summed E-state index contributed by atoms with van der Waals surface area (Å²) in [6, 6.07) is 9.24. The van der Waals surface area contributed by atoms with Gasteiger partial charge in [0, 0.05) is 41.5 Å². The van der Waals surface area contributed by atoms with Crippen LogP contribution in [0.4, 0.5) is 5.69 Å². The number of ether oxygens (including phenoxy) is 2. The molecule has 3 heterocycles. The highest BCUT2D eigenvalue weighted by atomic mass is 32.1. The van der Waals surface area contributed by atoms with Gasteiger partial charge in [0.05, 0.1) is 25.3 Å². The van der Waals surface area contributed by atoms with Crippen LogP contribution < -0.4 is 14.8 Å². The van der Waals surface area contributed by atoms with Crippen molar-refractivity contribution in [2.75, 3.05) is 18.5 Å². The van der Waals surface area contributed by atoms with Crippen molar-refractivity contribution in [1.29, 1.82) is 0 Å². The molecule has 132 valence electrons. The summed E-state index contributed by atoms with van der Waals surface area (Å²) in [4.78, 5) is 20.9. The van der Waals surface area contributed by atoms with Crippen LogP contribution in [0.25, 0.3) is 10.6 Å². The molecule has 26 heavy (non-hydrogen) atoms. The molecule has 7 heteroatoms. The zero-order valence-electron chi connectivity index (χ0n) is 14.0. The van der Waals surface area contributed by atoms with Crippen LogP contribution in [0.15, 0.2) is 48.1 Å². The third kappa shape index (κ3) is 3.83. The van der Waals surface area contributed by atoms with E-state index in [2.05, 4.69) is 15.3 Å². The fourth-order valence-electron chi connectivity index (χ4n) is 2.62. The molecular weight excluding hydrogens is 350 g/mol. The molecule has 0 fully saturated rings. The smallest absolute Gasteiger partial charge is 0.230 e. The van der Waals surface area contributed by atoms with Gasteiger partial charge in [-0.2, -0.15) is 0 Å². The van der Waals surface area contributed by atoms with Crippen molar-refractivity contribution in [2.45, 2.75) is 12.8 Å². The molecule has 0 aliphatic carbocycles. The van der Waals surface area contributed by atoms with Gasteiger partial charge >= 0.3 is 0 Å². The molecule has 0 saturated heterocycles. The molecule has 0 radical (unpaired) electrons. The van der Waals surface area contributed by atoms with Crippen LogP contribution in [0.1, 0.15) is 12.1 Å². The number of hydrogen-bond acceptors (Lipinski definition) is 6. The quantitative estimate of drug-likeness (QED) is 0.763. The fourth-order valence-corrected chi connectivity index (χ4v) is 3.43. The lowest BCUT2D eigenvalue weighted by Crippen LogP contribution is -2.14. The van der Waals surface area contributed by atoms with Crippen LogP contribution in [0.3, 0.4) is 0 Å². The van der Waals surface area contributed by atoms with Gasteiger partial charge in [-0.05, 0) is 24.3 Å². The van der Waals surface area contributed by atoms with Crippen molar-refractivity contribution in [3.05, 3.63) is 53.8 Å². The number of thiazole rings is 1. The normalized spacial score (nSPS) is 13.1. The van der Waals surface area contributed by atoms with Crippen molar-refractivity contribution in [3.8, 4) is 22.1 Å². The summed E-state index contributed by atoms with van der Waals surface area (Å²) >= 11 is 1.50. The van der Waals surface area contributed by atoms with E-state index in [-0.39, 0.29) is 12.3 Å². The Morgan fingerprint density at radius 1 is 1.19 bits per heavy atom. The number of anilines is 1. The van der Waals surface area contributed by atoms with E-state index in [1.54, 1.807) is 18.5 Å². The average Bonchev–Trinajstić information content (AvgIpc) is 2.99. The van der Waals surface area contributed by atoms with Crippen LogP contribution in [0, 0.1) is 0 Å². The average molecular weight is 367 g/mol. The summed E-state index contributed by atoms with van der Waals surface area (Å²) in [5.74, 6) is 1.25. The van der Waals surface area contributed by atoms with E-state index in [0.717, 1.165) is 22.7 Å². The molecule has 0 saturated carbocycles. The van der Waals surface area contributed by atoms with E-state index in [1.165, 1.54) is 11.3 Å². The largest absolute Gasteiger partial charge is 0.490 e. The highest BCUT2D eigenvalue weighted by molar-refractivity contribution is 7.13. The van der Waals surface area contributed by atoms with Gasteiger partial charge in [0.15, 0.2) is 11.5 Å². The maximum atomic E-state index is 12.3. The third-order valence-corrected chi connectivity index (χ3v) is 4.77. The number of fused-ring (bicyclic) bond motifs is 1. The summed E-state index contributed by atoms with van der Waals surface area (Å²) in [5.41, 5.74) is 2.37. The minimum Gasteiger partial charge on any atom is -0.490 e. The number of pyridine rings is 1. The second kappa shape index (κ2) is 7.53. The van der Waals surface area contributed by atoms with E-state index in [4.69, 9.17) is 9.47 Å². The standard InChI is InChI=1S/C19H17N3O3S/c23-18(10-15-12-26-19(22-15)13-3-1-6-20-11-13)21-14-4-5-16-17(9-14)25-8-2-7-24-16/h1,3-6,9,11-12H,2,7-8,10H2,(H,21,23). The van der Waals surface area contributed by atoms with Gasteiger partial charge < -0.3 is 14.8 Å². The first-order chi connectivity index (χ1) is 12.8. The summed E-state index contributed by atoms with van der Waals surface area (Å²) in [6.07, 6.45) is 4.55. The Labute approximate surface area is 154 Å². The maximum Gasteiger partial charge on any atom is 0.230 e. The zero-order chi connectivity index (χ0) is 17.8. The molecule has 1 aromatic carbocycles. The molecule has 0 atom stereocenters. The molecule has 1 N–H and O–H groups in total. The van der Waals surface area contributed by atoms with Crippen LogP contribution in [0.5, 0.6) is 11.5 Å². The van der Waals surface area contributed by atoms with Gasteiger partial charge in [-0.15, -0.1) is 11.3 Å². The molecule has 0 bridgehead atoms. The van der Waals surface area contributed by atoms with E-state index in [9.17, 15) is 4.79 Å². The lowest BCUT2D eigenvalue weighted by molar-refractivity contribution is -0.115. The van der Waals surface area contributed by atoms with Crippen LogP contribution >= 0.6 is 11.3 Å². The molecular formula is C19H17N3O3S. The number of rotatable bonds is 4. The van der Waals surface area contributed by atoms with Crippen molar-refractivity contribution >= 4 is 22.9 Å². The number of nitrogens with zero attached hydrogens (tertiary/aromatic N) is 2. The van der Waals surface area contributed by atoms with E-state index < -0.39 is 0 Å². The molecule has 1 amide bonds. The van der Waals surface area contributed by atoms with E-state index in [0.29, 0.717) is 30.4 Å². The minimum absolute atomic E-state index is 0.123. The molecule has 0 unspecified atom stereocenters. The molecule has 1 aliphatic rings. The molecule has 1 aliphatic heterocycles. The van der Waals surface area contributed by atoms with Gasteiger partial charge in [-0.3, -0.25) is 9.78 Å². The van der Waals surface area contributed by atoms with Crippen molar-refractivity contribution < 1.29 is 14.3 Å². The Balaban J connectivity index is 1.41. The summed E-state index contributed by atoms with van der Waals surface area (Å²) in [7, 11) is 0. The van der Waals surface area contributed by atoms with Crippen LogP contribution in [0.2, 0.25) is 0 Å². The number of hydrogen-bond donors (Lipinski definition) is 1. The monoisotopic (exact) mass is 367 g/mol. The Bertz CT molecular complexity index is 911. The van der Waals surface area contributed by atoms with Crippen LogP contribution in [-0.2, 0) is 11.2 Å². The maximum absolute atomic E-state index is 12.3. The number of carbonyl (C=O) groups is 1. The Hall–Kier alpha value is -2.93. The number of aromatic nitrogens is 2. The number of amides is 1. The highest BCUT2D eigenvalue weighted by Crippen LogP contribution is 2.32. The Morgan fingerprint density at radius 2 is 2.08 bits per heavy atom. The lowest BCUT2D eigenvalue weighted by atomic mass is 10.2. The van der Waals surface area contributed by atoms with Gasteiger partial charge in [-0.25, -0.2) is 4.98 Å². The number of benzene rings is 1. The first-order valence-corrected chi connectivity index (χ1v) is 9.20. The first kappa shape index (κ1) is 16.5. The first-order valence-electron chi connectivity index (χ1n) is 8.32. The third-order valence-electron chi connectivity index (χ3n) is 3.83. The SMILES string of the molecule is O=C(Cc1csc(-c2cccnc2)n1)Nc1ccc2c(c1)OCCCO2. The predicted molar refractivity (Wildman–Crippen MR) is 99.7 cm³/mol. The van der Waals surface area contributed by atoms with Crippen LogP contribution in [-0.4, -0.2) is 29.1 Å². The Kier molecular flexibility index (Phi) is 4.79. The van der Waals surface area contributed by atoms with Crippen molar-refractivity contribution in [2.24, 2.45) is 0 Å². The second-order valence-corrected chi connectivity index (χ2v) is 6.68. The predicted octanol–water partition coefficient (Wildman–Crippen LogP) is 3.55. The highest BCUT2D eigenvalue weighted by Gasteiger charge is 2.13. The van der Waals surface area contributed by atoms with Gasteiger partial charge in [0.1, 0.15) is 5.01 Å². The molecule has 3 aromatic rings. The number of nitrogens with one attached hydrogen (secondary N) is 1. The summed E-state index contributed by atoms with van der Waals surface area (Å²) in [6.45, 7) is 1.25. The van der Waals surface area contributed by atoms with Crippen molar-refractivity contribution in [1.82, 2.24) is 9.97 Å². The lowest BCUT2D eigenvalue weighted by Gasteiger charge is -2.10.